The minimum absolute atomic E-state index is 0.334. The predicted molar refractivity (Wildman–Crippen MR) is 58.9 cm³/mol. The quantitative estimate of drug-likeness (QED) is 0.769. The van der Waals surface area contributed by atoms with E-state index < -0.39 is 0 Å². The van der Waals surface area contributed by atoms with Crippen LogP contribution in [0.15, 0.2) is 33.6 Å². The van der Waals surface area contributed by atoms with Crippen LogP contribution in [-0.2, 0) is 6.42 Å². The lowest BCUT2D eigenvalue weighted by molar-refractivity contribution is 0.459. The number of aryl methyl sites for hydroxylation is 1. The van der Waals surface area contributed by atoms with Gasteiger partial charge in [-0.2, -0.15) is 0 Å². The zero-order valence-electron chi connectivity index (χ0n) is 8.69. The standard InChI is InChI=1S/C12H13NO2/c1-2-3-6-10-8-9-5-4-7-13-11(9)12(14)15-10/h4-5,7-8H,2-3,6H2,1H3. The molecule has 0 fully saturated rings. The van der Waals surface area contributed by atoms with Gasteiger partial charge in [-0.05, 0) is 18.6 Å². The Bertz CT molecular complexity index is 516. The zero-order valence-corrected chi connectivity index (χ0v) is 8.69. The molecular formula is C12H13NO2. The van der Waals surface area contributed by atoms with Crippen LogP contribution in [0.2, 0.25) is 0 Å². The number of unbranched alkanes of at least 4 members (excludes halogenated alkanes) is 1. The summed E-state index contributed by atoms with van der Waals surface area (Å²) < 4.78 is 5.17. The Labute approximate surface area is 87.8 Å². The molecule has 0 unspecified atom stereocenters. The summed E-state index contributed by atoms with van der Waals surface area (Å²) in [6, 6.07) is 5.61. The second-order valence-electron chi connectivity index (χ2n) is 3.54. The lowest BCUT2D eigenvalue weighted by Gasteiger charge is -2.00. The van der Waals surface area contributed by atoms with Crippen LogP contribution >= 0.6 is 0 Å². The molecule has 0 radical (unpaired) electrons. The molecule has 0 atom stereocenters. The van der Waals surface area contributed by atoms with E-state index in [2.05, 4.69) is 11.9 Å². The van der Waals surface area contributed by atoms with E-state index in [1.54, 1.807) is 6.20 Å². The van der Waals surface area contributed by atoms with Gasteiger partial charge in [0.25, 0.3) is 0 Å². The topological polar surface area (TPSA) is 43.1 Å². The van der Waals surface area contributed by atoms with Crippen LogP contribution in [0, 0.1) is 0 Å². The van der Waals surface area contributed by atoms with E-state index in [9.17, 15) is 4.79 Å². The Morgan fingerprint density at radius 1 is 1.47 bits per heavy atom. The minimum Gasteiger partial charge on any atom is -0.426 e. The third-order valence-electron chi connectivity index (χ3n) is 2.35. The maximum atomic E-state index is 11.5. The summed E-state index contributed by atoms with van der Waals surface area (Å²) in [6.45, 7) is 2.11. The van der Waals surface area contributed by atoms with Crippen LogP contribution in [0.1, 0.15) is 25.5 Å². The molecule has 0 bridgehead atoms. The van der Waals surface area contributed by atoms with Gasteiger partial charge >= 0.3 is 5.63 Å². The van der Waals surface area contributed by atoms with Crippen LogP contribution in [0.5, 0.6) is 0 Å². The van der Waals surface area contributed by atoms with E-state index in [1.807, 2.05) is 18.2 Å². The fourth-order valence-corrected chi connectivity index (χ4v) is 1.55. The number of hydrogen-bond acceptors (Lipinski definition) is 3. The van der Waals surface area contributed by atoms with Gasteiger partial charge in [0.15, 0.2) is 5.52 Å². The number of nitrogens with zero attached hydrogens (tertiary/aromatic N) is 1. The Hall–Kier alpha value is -1.64. The molecular weight excluding hydrogens is 190 g/mol. The molecule has 2 aromatic rings. The van der Waals surface area contributed by atoms with Gasteiger partial charge in [0, 0.05) is 18.0 Å². The van der Waals surface area contributed by atoms with Gasteiger partial charge in [-0.3, -0.25) is 0 Å². The van der Waals surface area contributed by atoms with Crippen molar-refractivity contribution in [2.75, 3.05) is 0 Å². The first-order valence-corrected chi connectivity index (χ1v) is 5.19. The highest BCUT2D eigenvalue weighted by Gasteiger charge is 2.04. The molecule has 2 rings (SSSR count). The average molecular weight is 203 g/mol. The van der Waals surface area contributed by atoms with Crippen molar-refractivity contribution in [1.29, 1.82) is 0 Å². The number of pyridine rings is 1. The molecule has 0 aliphatic carbocycles. The lowest BCUT2D eigenvalue weighted by Crippen LogP contribution is -2.03. The highest BCUT2D eigenvalue weighted by atomic mass is 16.4. The van der Waals surface area contributed by atoms with Crippen LogP contribution in [0.25, 0.3) is 10.9 Å². The number of aromatic nitrogens is 1. The highest BCUT2D eigenvalue weighted by Crippen LogP contribution is 2.11. The second kappa shape index (κ2) is 4.26. The molecule has 0 aromatic carbocycles. The van der Waals surface area contributed by atoms with Crippen molar-refractivity contribution in [3.63, 3.8) is 0 Å². The van der Waals surface area contributed by atoms with Crippen molar-refractivity contribution in [2.45, 2.75) is 26.2 Å². The highest BCUT2D eigenvalue weighted by molar-refractivity contribution is 5.76. The first-order chi connectivity index (χ1) is 7.31. The van der Waals surface area contributed by atoms with E-state index in [0.29, 0.717) is 5.52 Å². The molecule has 0 amide bonds. The van der Waals surface area contributed by atoms with Crippen LogP contribution in [0.3, 0.4) is 0 Å². The molecule has 0 saturated heterocycles. The van der Waals surface area contributed by atoms with Gasteiger partial charge in [-0.25, -0.2) is 9.78 Å². The van der Waals surface area contributed by atoms with Gasteiger partial charge < -0.3 is 4.42 Å². The summed E-state index contributed by atoms with van der Waals surface area (Å²) in [6.07, 6.45) is 4.55. The Morgan fingerprint density at radius 2 is 2.33 bits per heavy atom. The summed E-state index contributed by atoms with van der Waals surface area (Å²) >= 11 is 0. The molecule has 78 valence electrons. The molecule has 15 heavy (non-hydrogen) atoms. The van der Waals surface area contributed by atoms with Gasteiger partial charge in [0.2, 0.25) is 0 Å². The number of rotatable bonds is 3. The van der Waals surface area contributed by atoms with Gasteiger partial charge in [0.05, 0.1) is 0 Å². The Morgan fingerprint density at radius 3 is 3.13 bits per heavy atom. The summed E-state index contributed by atoms with van der Waals surface area (Å²) in [5, 5.41) is 0.861. The minimum atomic E-state index is -0.334. The van der Waals surface area contributed by atoms with E-state index in [1.165, 1.54) is 0 Å². The third kappa shape index (κ3) is 2.06. The molecule has 3 nitrogen and oxygen atoms in total. The van der Waals surface area contributed by atoms with Gasteiger partial charge in [-0.15, -0.1) is 0 Å². The SMILES string of the molecule is CCCCc1cc2cccnc2c(=O)o1. The summed E-state index contributed by atoms with van der Waals surface area (Å²) in [5.41, 5.74) is 0.0805. The fourth-order valence-electron chi connectivity index (χ4n) is 1.55. The van der Waals surface area contributed by atoms with Gasteiger partial charge in [0.1, 0.15) is 5.76 Å². The maximum absolute atomic E-state index is 11.5. The average Bonchev–Trinajstić information content (AvgIpc) is 2.26. The van der Waals surface area contributed by atoms with Crippen molar-refractivity contribution in [3.8, 4) is 0 Å². The molecule has 0 N–H and O–H groups in total. The third-order valence-corrected chi connectivity index (χ3v) is 2.35. The van der Waals surface area contributed by atoms with Crippen molar-refractivity contribution < 1.29 is 4.42 Å². The largest absolute Gasteiger partial charge is 0.426 e. The fraction of sp³-hybridized carbons (Fsp3) is 0.333. The lowest BCUT2D eigenvalue weighted by atomic mass is 10.2. The first kappa shape index (κ1) is 9.90. The van der Waals surface area contributed by atoms with Crippen molar-refractivity contribution in [1.82, 2.24) is 4.98 Å². The first-order valence-electron chi connectivity index (χ1n) is 5.19. The molecule has 0 saturated carbocycles. The second-order valence-corrected chi connectivity index (χ2v) is 3.54. The normalized spacial score (nSPS) is 10.7. The predicted octanol–water partition coefficient (Wildman–Crippen LogP) is 2.53. The van der Waals surface area contributed by atoms with Crippen LogP contribution in [0.4, 0.5) is 0 Å². The summed E-state index contributed by atoms with van der Waals surface area (Å²) in [4.78, 5) is 15.5. The van der Waals surface area contributed by atoms with Crippen molar-refractivity contribution in [3.05, 3.63) is 40.6 Å². The molecule has 3 heteroatoms. The van der Waals surface area contributed by atoms with Gasteiger partial charge in [-0.1, -0.05) is 19.4 Å². The number of hydrogen-bond donors (Lipinski definition) is 0. The monoisotopic (exact) mass is 203 g/mol. The molecule has 0 aliphatic heterocycles. The molecule has 0 spiro atoms. The summed E-state index contributed by atoms with van der Waals surface area (Å²) in [7, 11) is 0. The van der Waals surface area contributed by atoms with E-state index in [4.69, 9.17) is 4.42 Å². The molecule has 2 aromatic heterocycles. The smallest absolute Gasteiger partial charge is 0.362 e. The van der Waals surface area contributed by atoms with E-state index in [0.717, 1.165) is 30.4 Å². The summed E-state index contributed by atoms with van der Waals surface area (Å²) in [5.74, 6) is 0.752. The molecule has 2 heterocycles. The zero-order chi connectivity index (χ0) is 10.7. The Balaban J connectivity index is 2.48. The van der Waals surface area contributed by atoms with Crippen molar-refractivity contribution >= 4 is 10.9 Å². The van der Waals surface area contributed by atoms with Crippen LogP contribution < -0.4 is 5.63 Å². The van der Waals surface area contributed by atoms with Crippen LogP contribution in [-0.4, -0.2) is 4.98 Å². The van der Waals surface area contributed by atoms with E-state index >= 15 is 0 Å². The number of fused-ring (bicyclic) bond motifs is 1. The van der Waals surface area contributed by atoms with Crippen molar-refractivity contribution in [2.24, 2.45) is 0 Å². The maximum Gasteiger partial charge on any atom is 0.362 e. The molecule has 0 aliphatic rings. The van der Waals surface area contributed by atoms with E-state index in [-0.39, 0.29) is 5.63 Å². The Kier molecular flexibility index (Phi) is 2.81.